The number of benzene rings is 2. The van der Waals surface area contributed by atoms with E-state index in [0.717, 1.165) is 46.9 Å². The van der Waals surface area contributed by atoms with Gasteiger partial charge in [0.05, 0.1) is 23.3 Å². The van der Waals surface area contributed by atoms with Crippen molar-refractivity contribution in [3.05, 3.63) is 60.7 Å². The molecule has 0 spiro atoms. The Morgan fingerprint density at radius 1 is 0.758 bits per heavy atom. The highest BCUT2D eigenvalue weighted by molar-refractivity contribution is 5.86. The van der Waals surface area contributed by atoms with Gasteiger partial charge in [-0.05, 0) is 37.1 Å². The Bertz CT molecular complexity index is 1160. The van der Waals surface area contributed by atoms with E-state index < -0.39 is 0 Å². The number of aromatic nitrogens is 2. The highest BCUT2D eigenvalue weighted by atomic mass is 16.5. The largest absolute Gasteiger partial charge is 0.490 e. The maximum Gasteiger partial charge on any atom is 0.166 e. The molecule has 0 amide bonds. The summed E-state index contributed by atoms with van der Waals surface area (Å²) in [6, 6.07) is 19.9. The lowest BCUT2D eigenvalue weighted by Crippen LogP contribution is -2.05. The molecule has 174 valence electrons. The number of nitrogens with one attached hydrogen (secondary N) is 1. The Kier molecular flexibility index (Phi) is 9.12. The summed E-state index contributed by atoms with van der Waals surface area (Å²) >= 11 is 0. The summed E-state index contributed by atoms with van der Waals surface area (Å²) in [5.41, 5.74) is 14.6. The minimum Gasteiger partial charge on any atom is -0.490 e. The van der Waals surface area contributed by atoms with Gasteiger partial charge in [0.1, 0.15) is 5.82 Å². The molecule has 0 bridgehead atoms. The number of rotatable bonds is 9. The number of hydrogen-bond acceptors (Lipinski definition) is 6. The molecule has 6 heteroatoms. The molecule has 5 N–H and O–H groups in total. The molecule has 0 saturated carbocycles. The zero-order chi connectivity index (χ0) is 23.5. The SMILES string of the molecule is CCCCCOc1cc2ccccc2nc1N.CCCCNc1cc2ccccc2nc1N. The van der Waals surface area contributed by atoms with Gasteiger partial charge in [-0.2, -0.15) is 0 Å². The maximum atomic E-state index is 5.90. The summed E-state index contributed by atoms with van der Waals surface area (Å²) in [5.74, 6) is 1.75. The van der Waals surface area contributed by atoms with Crippen LogP contribution in [0.1, 0.15) is 46.0 Å². The first-order valence-electron chi connectivity index (χ1n) is 11.8. The van der Waals surface area contributed by atoms with Gasteiger partial charge < -0.3 is 21.5 Å². The van der Waals surface area contributed by atoms with Gasteiger partial charge in [0.25, 0.3) is 0 Å². The Labute approximate surface area is 196 Å². The van der Waals surface area contributed by atoms with Crippen molar-refractivity contribution >= 4 is 39.1 Å². The van der Waals surface area contributed by atoms with Gasteiger partial charge in [0.15, 0.2) is 11.6 Å². The van der Waals surface area contributed by atoms with Crippen molar-refractivity contribution in [3.63, 3.8) is 0 Å². The van der Waals surface area contributed by atoms with Crippen molar-refractivity contribution in [1.82, 2.24) is 9.97 Å². The average Bonchev–Trinajstić information content (AvgIpc) is 2.83. The van der Waals surface area contributed by atoms with Crippen LogP contribution in [0.5, 0.6) is 5.75 Å². The fourth-order valence-electron chi connectivity index (χ4n) is 3.43. The summed E-state index contributed by atoms with van der Waals surface area (Å²) in [6.45, 7) is 5.99. The molecular weight excluding hydrogens is 410 g/mol. The number of fused-ring (bicyclic) bond motifs is 2. The lowest BCUT2D eigenvalue weighted by atomic mass is 10.2. The van der Waals surface area contributed by atoms with Crippen LogP contribution in [0.2, 0.25) is 0 Å². The summed E-state index contributed by atoms with van der Waals surface area (Å²) < 4.78 is 5.66. The molecule has 0 aliphatic rings. The smallest absolute Gasteiger partial charge is 0.166 e. The van der Waals surface area contributed by atoms with Crippen LogP contribution in [0.4, 0.5) is 17.3 Å². The van der Waals surface area contributed by atoms with Gasteiger partial charge in [-0.25, -0.2) is 9.97 Å². The first-order valence-corrected chi connectivity index (χ1v) is 11.8. The molecule has 2 aromatic carbocycles. The fourth-order valence-corrected chi connectivity index (χ4v) is 3.43. The van der Waals surface area contributed by atoms with E-state index in [1.807, 2.05) is 54.6 Å². The molecule has 4 rings (SSSR count). The first kappa shape index (κ1) is 24.1. The molecule has 2 heterocycles. The second-order valence-electron chi connectivity index (χ2n) is 8.01. The molecule has 0 atom stereocenters. The summed E-state index contributed by atoms with van der Waals surface area (Å²) in [5, 5.41) is 5.50. The van der Waals surface area contributed by atoms with Gasteiger partial charge in [0, 0.05) is 17.3 Å². The van der Waals surface area contributed by atoms with Crippen molar-refractivity contribution in [2.24, 2.45) is 0 Å². The Morgan fingerprint density at radius 3 is 2.03 bits per heavy atom. The second kappa shape index (κ2) is 12.5. The molecule has 0 saturated heterocycles. The number of nitrogens with zero attached hydrogens (tertiary/aromatic N) is 2. The Morgan fingerprint density at radius 2 is 1.36 bits per heavy atom. The third-order valence-corrected chi connectivity index (χ3v) is 5.32. The van der Waals surface area contributed by atoms with E-state index in [1.165, 1.54) is 19.3 Å². The topological polar surface area (TPSA) is 99.1 Å². The molecule has 33 heavy (non-hydrogen) atoms. The lowest BCUT2D eigenvalue weighted by Gasteiger charge is -2.09. The Balaban J connectivity index is 0.000000186. The number of ether oxygens (including phenoxy) is 1. The minimum absolute atomic E-state index is 0.472. The number of hydrogen-bond donors (Lipinski definition) is 3. The molecule has 4 aromatic rings. The van der Waals surface area contributed by atoms with Crippen LogP contribution in [0.25, 0.3) is 21.8 Å². The summed E-state index contributed by atoms with van der Waals surface area (Å²) in [6.07, 6.45) is 5.75. The van der Waals surface area contributed by atoms with Crippen LogP contribution in [0.3, 0.4) is 0 Å². The highest BCUT2D eigenvalue weighted by Crippen LogP contribution is 2.25. The summed E-state index contributed by atoms with van der Waals surface area (Å²) in [7, 11) is 0. The number of para-hydroxylation sites is 2. The van der Waals surface area contributed by atoms with Crippen molar-refractivity contribution in [1.29, 1.82) is 0 Å². The van der Waals surface area contributed by atoms with Crippen LogP contribution in [0, 0.1) is 0 Å². The monoisotopic (exact) mass is 445 g/mol. The molecule has 0 radical (unpaired) electrons. The molecule has 6 nitrogen and oxygen atoms in total. The number of anilines is 3. The zero-order valence-corrected chi connectivity index (χ0v) is 19.7. The van der Waals surface area contributed by atoms with Crippen LogP contribution in [0.15, 0.2) is 60.7 Å². The third-order valence-electron chi connectivity index (χ3n) is 5.32. The molecular formula is C27H35N5O. The van der Waals surface area contributed by atoms with Crippen LogP contribution in [-0.4, -0.2) is 23.1 Å². The average molecular weight is 446 g/mol. The minimum atomic E-state index is 0.472. The van der Waals surface area contributed by atoms with E-state index >= 15 is 0 Å². The standard InChI is InChI=1S/C14H18N2O.C13H17N3/c1-2-3-6-9-17-13-10-11-7-4-5-8-12(11)16-14(13)15;1-2-3-8-15-12-9-10-6-4-5-7-11(10)16-13(12)14/h4-5,7-8,10H,2-3,6,9H2,1H3,(H2,15,16);4-7,9,15H,2-3,8H2,1H3,(H2,14,16). The normalized spacial score (nSPS) is 10.6. The van der Waals surface area contributed by atoms with E-state index in [-0.39, 0.29) is 0 Å². The second-order valence-corrected chi connectivity index (χ2v) is 8.01. The molecule has 2 aromatic heterocycles. The Hall–Kier alpha value is -3.54. The zero-order valence-electron chi connectivity index (χ0n) is 19.7. The van der Waals surface area contributed by atoms with Crippen molar-refractivity contribution in [3.8, 4) is 5.75 Å². The fraction of sp³-hybridized carbons (Fsp3) is 0.333. The van der Waals surface area contributed by atoms with Crippen molar-refractivity contribution in [2.45, 2.75) is 46.0 Å². The van der Waals surface area contributed by atoms with Crippen LogP contribution in [-0.2, 0) is 0 Å². The first-order chi connectivity index (χ1) is 16.1. The molecule has 0 aliphatic heterocycles. The van der Waals surface area contributed by atoms with Gasteiger partial charge in [0.2, 0.25) is 0 Å². The number of nitrogen functional groups attached to an aromatic ring is 2. The van der Waals surface area contributed by atoms with Gasteiger partial charge in [-0.3, -0.25) is 0 Å². The molecule has 0 unspecified atom stereocenters. The number of pyridine rings is 2. The third kappa shape index (κ3) is 6.97. The predicted octanol–water partition coefficient (Wildman–Crippen LogP) is 6.42. The number of nitrogens with two attached hydrogens (primary N) is 2. The summed E-state index contributed by atoms with van der Waals surface area (Å²) in [4.78, 5) is 8.70. The molecule has 0 aliphatic carbocycles. The molecule has 0 fully saturated rings. The van der Waals surface area contributed by atoms with E-state index in [0.29, 0.717) is 24.0 Å². The van der Waals surface area contributed by atoms with E-state index in [2.05, 4.69) is 35.2 Å². The van der Waals surface area contributed by atoms with Gasteiger partial charge in [-0.15, -0.1) is 0 Å². The van der Waals surface area contributed by atoms with Crippen molar-refractivity contribution in [2.75, 3.05) is 29.9 Å². The number of unbranched alkanes of at least 4 members (excludes halogenated alkanes) is 3. The van der Waals surface area contributed by atoms with Crippen LogP contribution >= 0.6 is 0 Å². The van der Waals surface area contributed by atoms with Crippen LogP contribution < -0.4 is 21.5 Å². The van der Waals surface area contributed by atoms with E-state index in [9.17, 15) is 0 Å². The van der Waals surface area contributed by atoms with Gasteiger partial charge >= 0.3 is 0 Å². The van der Waals surface area contributed by atoms with Crippen molar-refractivity contribution < 1.29 is 4.74 Å². The quantitative estimate of drug-likeness (QED) is 0.257. The maximum absolute atomic E-state index is 5.90. The van der Waals surface area contributed by atoms with E-state index in [4.69, 9.17) is 16.2 Å². The van der Waals surface area contributed by atoms with Gasteiger partial charge in [-0.1, -0.05) is 69.5 Å². The lowest BCUT2D eigenvalue weighted by molar-refractivity contribution is 0.307. The van der Waals surface area contributed by atoms with E-state index in [1.54, 1.807) is 0 Å². The predicted molar refractivity (Wildman–Crippen MR) is 141 cm³/mol. The highest BCUT2D eigenvalue weighted by Gasteiger charge is 2.04.